The van der Waals surface area contributed by atoms with E-state index in [2.05, 4.69) is 10.3 Å². The summed E-state index contributed by atoms with van der Waals surface area (Å²) in [5, 5.41) is 2.80. The van der Waals surface area contributed by atoms with E-state index in [1.165, 1.54) is 4.90 Å². The zero-order valence-corrected chi connectivity index (χ0v) is 14.9. The lowest BCUT2D eigenvalue weighted by Gasteiger charge is -2.24. The van der Waals surface area contributed by atoms with Crippen molar-refractivity contribution < 1.29 is 14.3 Å². The molecule has 0 saturated carbocycles. The van der Waals surface area contributed by atoms with Gasteiger partial charge in [-0.25, -0.2) is 0 Å². The highest BCUT2D eigenvalue weighted by molar-refractivity contribution is 5.97. The first kappa shape index (κ1) is 18.4. The Bertz CT molecular complexity index is 712. The third kappa shape index (κ3) is 5.04. The summed E-state index contributed by atoms with van der Waals surface area (Å²) in [7, 11) is 3.35. The average molecular weight is 341 g/mol. The zero-order chi connectivity index (χ0) is 18.4. The van der Waals surface area contributed by atoms with E-state index in [4.69, 9.17) is 4.74 Å². The number of likely N-dealkylation sites (N-methyl/N-ethyl adjacent to an activating group) is 1. The van der Waals surface area contributed by atoms with Gasteiger partial charge in [0.15, 0.2) is 0 Å². The lowest BCUT2D eigenvalue weighted by molar-refractivity contribution is -0.131. The van der Waals surface area contributed by atoms with Crippen molar-refractivity contribution in [1.29, 1.82) is 0 Å². The topological polar surface area (TPSA) is 71.5 Å². The van der Waals surface area contributed by atoms with E-state index in [9.17, 15) is 9.59 Å². The predicted molar refractivity (Wildman–Crippen MR) is 95.5 cm³/mol. The van der Waals surface area contributed by atoms with Crippen molar-refractivity contribution in [1.82, 2.24) is 15.2 Å². The van der Waals surface area contributed by atoms with Crippen LogP contribution < -0.4 is 10.1 Å². The predicted octanol–water partition coefficient (Wildman–Crippen LogP) is 2.72. The smallest absolute Gasteiger partial charge is 0.251 e. The molecule has 1 aromatic heterocycles. The van der Waals surface area contributed by atoms with Crippen LogP contribution in [0.2, 0.25) is 0 Å². The molecule has 0 aliphatic carbocycles. The molecule has 132 valence electrons. The second-order valence-electron chi connectivity index (χ2n) is 6.24. The highest BCUT2D eigenvalue weighted by Gasteiger charge is 2.25. The van der Waals surface area contributed by atoms with Crippen molar-refractivity contribution in [2.75, 3.05) is 14.1 Å². The van der Waals surface area contributed by atoms with E-state index in [0.717, 1.165) is 0 Å². The molecule has 0 unspecified atom stereocenters. The molecule has 2 rings (SSSR count). The molecule has 0 spiro atoms. The maximum absolute atomic E-state index is 12.4. The van der Waals surface area contributed by atoms with Crippen LogP contribution in [-0.4, -0.2) is 41.8 Å². The lowest BCUT2D eigenvalue weighted by atomic mass is 10.0. The Balaban J connectivity index is 2.05. The second kappa shape index (κ2) is 8.28. The van der Waals surface area contributed by atoms with Crippen LogP contribution >= 0.6 is 0 Å². The normalized spacial score (nSPS) is 11.7. The van der Waals surface area contributed by atoms with E-state index >= 15 is 0 Å². The number of hydrogen-bond acceptors (Lipinski definition) is 4. The Morgan fingerprint density at radius 2 is 1.76 bits per heavy atom. The van der Waals surface area contributed by atoms with Crippen LogP contribution in [0.4, 0.5) is 0 Å². The Kier molecular flexibility index (Phi) is 6.11. The molecule has 1 heterocycles. The van der Waals surface area contributed by atoms with Crippen molar-refractivity contribution in [2.24, 2.45) is 5.92 Å². The number of nitrogens with one attached hydrogen (secondary N) is 1. The molecule has 0 aliphatic rings. The molecular formula is C19H23N3O3. The summed E-state index contributed by atoms with van der Waals surface area (Å²) in [6.07, 6.45) is 3.28. The molecule has 1 N–H and O–H groups in total. The highest BCUT2D eigenvalue weighted by Crippen LogP contribution is 2.20. The van der Waals surface area contributed by atoms with Crippen LogP contribution in [0.3, 0.4) is 0 Å². The Hall–Kier alpha value is -2.89. The third-order valence-corrected chi connectivity index (χ3v) is 3.65. The number of ether oxygens (including phenoxy) is 1. The number of carbonyl (C=O) groups is 2. The Morgan fingerprint density at radius 3 is 2.28 bits per heavy atom. The monoisotopic (exact) mass is 341 g/mol. The number of amides is 2. The summed E-state index contributed by atoms with van der Waals surface area (Å²) in [5.41, 5.74) is 0.468. The van der Waals surface area contributed by atoms with Gasteiger partial charge in [0.05, 0.1) is 6.20 Å². The van der Waals surface area contributed by atoms with Crippen LogP contribution in [0.1, 0.15) is 24.2 Å². The molecular weight excluding hydrogens is 318 g/mol. The van der Waals surface area contributed by atoms with E-state index in [0.29, 0.717) is 17.1 Å². The first-order valence-corrected chi connectivity index (χ1v) is 8.08. The second-order valence-corrected chi connectivity index (χ2v) is 6.24. The molecule has 6 nitrogen and oxygen atoms in total. The van der Waals surface area contributed by atoms with Gasteiger partial charge in [-0.15, -0.1) is 0 Å². The fourth-order valence-corrected chi connectivity index (χ4v) is 2.23. The zero-order valence-electron chi connectivity index (χ0n) is 14.9. The quantitative estimate of drug-likeness (QED) is 0.877. The SMILES string of the molecule is CC(C)[C@H](NC(=O)c1ccc(Oc2cccnc2)cc1)C(=O)N(C)C. The Labute approximate surface area is 147 Å². The van der Waals surface area contributed by atoms with Crippen LogP contribution in [-0.2, 0) is 4.79 Å². The van der Waals surface area contributed by atoms with Gasteiger partial charge in [-0.2, -0.15) is 0 Å². The largest absolute Gasteiger partial charge is 0.456 e. The fourth-order valence-electron chi connectivity index (χ4n) is 2.23. The minimum atomic E-state index is -0.561. The molecule has 1 atom stereocenters. The standard InChI is InChI=1S/C19H23N3O3/c1-13(2)17(19(24)22(3)4)21-18(23)14-7-9-15(10-8-14)25-16-6-5-11-20-12-16/h5-13,17H,1-4H3,(H,21,23)/t17-/m0/s1. The maximum Gasteiger partial charge on any atom is 0.251 e. The summed E-state index contributed by atoms with van der Waals surface area (Å²) in [6, 6.07) is 9.77. The fraction of sp³-hybridized carbons (Fsp3) is 0.316. The van der Waals surface area contributed by atoms with E-state index in [1.807, 2.05) is 13.8 Å². The van der Waals surface area contributed by atoms with Gasteiger partial charge in [0.25, 0.3) is 5.91 Å². The molecule has 6 heteroatoms. The van der Waals surface area contributed by atoms with Crippen LogP contribution in [0.25, 0.3) is 0 Å². The average Bonchev–Trinajstić information content (AvgIpc) is 2.60. The number of pyridine rings is 1. The molecule has 0 bridgehead atoms. The summed E-state index contributed by atoms with van der Waals surface area (Å²) >= 11 is 0. The maximum atomic E-state index is 12.4. The van der Waals surface area contributed by atoms with Crippen LogP contribution in [0.5, 0.6) is 11.5 Å². The number of aromatic nitrogens is 1. The molecule has 0 radical (unpaired) electrons. The van der Waals surface area contributed by atoms with Gasteiger partial charge < -0.3 is 15.0 Å². The van der Waals surface area contributed by atoms with Crippen molar-refractivity contribution in [2.45, 2.75) is 19.9 Å². The summed E-state index contributed by atoms with van der Waals surface area (Å²) in [6.45, 7) is 3.80. The molecule has 25 heavy (non-hydrogen) atoms. The van der Waals surface area contributed by atoms with Crippen molar-refractivity contribution >= 4 is 11.8 Å². The first-order chi connectivity index (χ1) is 11.9. The minimum absolute atomic E-state index is 0.00737. The molecule has 2 aromatic rings. The summed E-state index contributed by atoms with van der Waals surface area (Å²) in [5.74, 6) is 0.805. The highest BCUT2D eigenvalue weighted by atomic mass is 16.5. The van der Waals surface area contributed by atoms with Gasteiger partial charge in [0.2, 0.25) is 5.91 Å². The van der Waals surface area contributed by atoms with E-state index in [-0.39, 0.29) is 17.7 Å². The number of carbonyl (C=O) groups excluding carboxylic acids is 2. The minimum Gasteiger partial charge on any atom is -0.456 e. The van der Waals surface area contributed by atoms with Gasteiger partial charge in [0.1, 0.15) is 17.5 Å². The van der Waals surface area contributed by atoms with Gasteiger partial charge in [0, 0.05) is 25.9 Å². The number of nitrogens with zero attached hydrogens (tertiary/aromatic N) is 2. The molecule has 2 amide bonds. The molecule has 0 saturated heterocycles. The van der Waals surface area contributed by atoms with Crippen molar-refractivity contribution in [3.05, 3.63) is 54.4 Å². The van der Waals surface area contributed by atoms with Crippen molar-refractivity contribution in [3.8, 4) is 11.5 Å². The number of rotatable bonds is 6. The molecule has 0 fully saturated rings. The van der Waals surface area contributed by atoms with Gasteiger partial charge in [-0.3, -0.25) is 14.6 Å². The van der Waals surface area contributed by atoms with Crippen molar-refractivity contribution in [3.63, 3.8) is 0 Å². The van der Waals surface area contributed by atoms with Crippen LogP contribution in [0, 0.1) is 5.92 Å². The number of benzene rings is 1. The number of hydrogen-bond donors (Lipinski definition) is 1. The third-order valence-electron chi connectivity index (χ3n) is 3.65. The van der Waals surface area contributed by atoms with Gasteiger partial charge in [-0.1, -0.05) is 13.8 Å². The molecule has 0 aliphatic heterocycles. The van der Waals surface area contributed by atoms with Gasteiger partial charge in [-0.05, 0) is 42.3 Å². The van der Waals surface area contributed by atoms with Crippen LogP contribution in [0.15, 0.2) is 48.8 Å². The van der Waals surface area contributed by atoms with E-state index in [1.54, 1.807) is 62.9 Å². The first-order valence-electron chi connectivity index (χ1n) is 8.08. The summed E-state index contributed by atoms with van der Waals surface area (Å²) in [4.78, 5) is 30.1. The van der Waals surface area contributed by atoms with E-state index < -0.39 is 6.04 Å². The summed E-state index contributed by atoms with van der Waals surface area (Å²) < 4.78 is 5.65. The Morgan fingerprint density at radius 1 is 1.08 bits per heavy atom. The lowest BCUT2D eigenvalue weighted by Crippen LogP contribution is -2.49. The van der Waals surface area contributed by atoms with Gasteiger partial charge >= 0.3 is 0 Å². The molecule has 1 aromatic carbocycles.